The molecule has 1 heterocycles. The number of aryl methyl sites for hydroxylation is 2. The zero-order chi connectivity index (χ0) is 14.5. The van der Waals surface area contributed by atoms with Gasteiger partial charge in [-0.2, -0.15) is 0 Å². The lowest BCUT2D eigenvalue weighted by Gasteiger charge is -2.21. The number of amides is 1. The summed E-state index contributed by atoms with van der Waals surface area (Å²) in [4.78, 5) is 12.0. The first-order valence-corrected chi connectivity index (χ1v) is 8.03. The molecule has 110 valence electrons. The molecule has 0 spiro atoms. The summed E-state index contributed by atoms with van der Waals surface area (Å²) in [6.07, 6.45) is 2.27. The van der Waals surface area contributed by atoms with Gasteiger partial charge < -0.3 is 15.7 Å². The Morgan fingerprint density at radius 1 is 1.35 bits per heavy atom. The zero-order valence-corrected chi connectivity index (χ0v) is 12.8. The third kappa shape index (κ3) is 4.15. The van der Waals surface area contributed by atoms with Crippen LogP contribution in [-0.4, -0.2) is 35.1 Å². The quantitative estimate of drug-likeness (QED) is 0.746. The van der Waals surface area contributed by atoms with E-state index in [1.165, 1.54) is 0 Å². The minimum Gasteiger partial charge on any atom is -0.508 e. The third-order valence-electron chi connectivity index (χ3n) is 3.55. The van der Waals surface area contributed by atoms with Crippen LogP contribution in [0.15, 0.2) is 12.1 Å². The van der Waals surface area contributed by atoms with Crippen molar-refractivity contribution in [3.05, 3.63) is 23.3 Å². The Morgan fingerprint density at radius 3 is 2.75 bits per heavy atom. The number of benzene rings is 1. The molecule has 0 atom stereocenters. The van der Waals surface area contributed by atoms with Gasteiger partial charge in [0.25, 0.3) is 0 Å². The highest BCUT2D eigenvalue weighted by Gasteiger charge is 2.15. The van der Waals surface area contributed by atoms with Gasteiger partial charge in [-0.1, -0.05) is 0 Å². The minimum absolute atomic E-state index is 0.0294. The van der Waals surface area contributed by atoms with Crippen LogP contribution in [0.2, 0.25) is 0 Å². The Morgan fingerprint density at radius 2 is 2.05 bits per heavy atom. The minimum atomic E-state index is 0.0294. The average molecular weight is 294 g/mol. The van der Waals surface area contributed by atoms with Gasteiger partial charge in [0.05, 0.1) is 5.75 Å². The smallest absolute Gasteiger partial charge is 0.234 e. The van der Waals surface area contributed by atoms with E-state index < -0.39 is 0 Å². The number of aromatic hydroxyl groups is 1. The summed E-state index contributed by atoms with van der Waals surface area (Å²) in [5.74, 6) is 0.788. The molecule has 0 bridgehead atoms. The lowest BCUT2D eigenvalue weighted by Crippen LogP contribution is -2.30. The topological polar surface area (TPSA) is 61.4 Å². The molecule has 1 aromatic rings. The van der Waals surface area contributed by atoms with Crippen molar-refractivity contribution in [2.24, 2.45) is 0 Å². The maximum absolute atomic E-state index is 12.0. The van der Waals surface area contributed by atoms with Crippen LogP contribution in [0.3, 0.4) is 0 Å². The van der Waals surface area contributed by atoms with Gasteiger partial charge in [-0.15, -0.1) is 11.8 Å². The number of carbonyl (C=O) groups is 1. The van der Waals surface area contributed by atoms with E-state index in [-0.39, 0.29) is 11.7 Å². The van der Waals surface area contributed by atoms with Gasteiger partial charge in [0.1, 0.15) is 5.75 Å². The van der Waals surface area contributed by atoms with Crippen LogP contribution >= 0.6 is 11.8 Å². The Labute approximate surface area is 124 Å². The van der Waals surface area contributed by atoms with Crippen LogP contribution in [0.25, 0.3) is 0 Å². The molecular weight excluding hydrogens is 272 g/mol. The standard InChI is InChI=1S/C15H22N2O2S/c1-10-8-14(18)11(2)7-13(10)17-15(19)9-20-12-3-5-16-6-4-12/h7-8,12,16,18H,3-6,9H2,1-2H3,(H,17,19). The highest BCUT2D eigenvalue weighted by Crippen LogP contribution is 2.25. The second-order valence-electron chi connectivity index (χ2n) is 5.26. The predicted molar refractivity (Wildman–Crippen MR) is 84.6 cm³/mol. The van der Waals surface area contributed by atoms with E-state index in [1.807, 2.05) is 19.9 Å². The largest absolute Gasteiger partial charge is 0.508 e. The Balaban J connectivity index is 1.86. The van der Waals surface area contributed by atoms with Crippen LogP contribution in [0.5, 0.6) is 5.75 Å². The molecule has 0 aromatic heterocycles. The summed E-state index contributed by atoms with van der Waals surface area (Å²) >= 11 is 1.74. The average Bonchev–Trinajstić information content (AvgIpc) is 2.44. The number of phenols is 1. The summed E-state index contributed by atoms with van der Waals surface area (Å²) in [6.45, 7) is 5.81. The highest BCUT2D eigenvalue weighted by molar-refractivity contribution is 8.00. The Hall–Kier alpha value is -1.20. The number of rotatable bonds is 4. The molecule has 1 saturated heterocycles. The fourth-order valence-corrected chi connectivity index (χ4v) is 3.31. The van der Waals surface area contributed by atoms with Crippen molar-refractivity contribution in [1.29, 1.82) is 0 Å². The number of thioether (sulfide) groups is 1. The second-order valence-corrected chi connectivity index (χ2v) is 6.55. The van der Waals surface area contributed by atoms with Crippen molar-refractivity contribution >= 4 is 23.4 Å². The van der Waals surface area contributed by atoms with E-state index in [0.29, 0.717) is 11.0 Å². The number of carbonyl (C=O) groups excluding carboxylic acids is 1. The van der Waals surface area contributed by atoms with Crippen molar-refractivity contribution in [2.75, 3.05) is 24.2 Å². The van der Waals surface area contributed by atoms with E-state index >= 15 is 0 Å². The number of anilines is 1. The van der Waals surface area contributed by atoms with Gasteiger partial charge >= 0.3 is 0 Å². The summed E-state index contributed by atoms with van der Waals surface area (Å²) in [5, 5.41) is 16.5. The maximum atomic E-state index is 12.0. The van der Waals surface area contributed by atoms with Crippen LogP contribution in [-0.2, 0) is 4.79 Å². The lowest BCUT2D eigenvalue weighted by atomic mass is 10.1. The van der Waals surface area contributed by atoms with Crippen LogP contribution < -0.4 is 10.6 Å². The maximum Gasteiger partial charge on any atom is 0.234 e. The molecule has 3 N–H and O–H groups in total. The van der Waals surface area contributed by atoms with Crippen LogP contribution in [0.1, 0.15) is 24.0 Å². The molecule has 1 amide bonds. The number of nitrogens with one attached hydrogen (secondary N) is 2. The van der Waals surface area contributed by atoms with Crippen molar-refractivity contribution in [2.45, 2.75) is 31.9 Å². The molecular formula is C15H22N2O2S. The molecule has 2 rings (SSSR count). The molecule has 0 aliphatic carbocycles. The van der Waals surface area contributed by atoms with Crippen LogP contribution in [0, 0.1) is 13.8 Å². The third-order valence-corrected chi connectivity index (χ3v) is 4.92. The summed E-state index contributed by atoms with van der Waals surface area (Å²) in [6, 6.07) is 3.50. The van der Waals surface area contributed by atoms with E-state index in [9.17, 15) is 9.90 Å². The first kappa shape index (κ1) is 15.2. The molecule has 4 nitrogen and oxygen atoms in total. The summed E-state index contributed by atoms with van der Waals surface area (Å²) < 4.78 is 0. The summed E-state index contributed by atoms with van der Waals surface area (Å²) in [7, 11) is 0. The van der Waals surface area contributed by atoms with Gasteiger partial charge in [0.15, 0.2) is 0 Å². The number of hydrogen-bond donors (Lipinski definition) is 3. The van der Waals surface area contributed by atoms with E-state index in [2.05, 4.69) is 10.6 Å². The summed E-state index contributed by atoms with van der Waals surface area (Å²) in [5.41, 5.74) is 2.45. The zero-order valence-electron chi connectivity index (χ0n) is 12.0. The first-order chi connectivity index (χ1) is 9.56. The van der Waals surface area contributed by atoms with E-state index in [1.54, 1.807) is 17.8 Å². The van der Waals surface area contributed by atoms with E-state index in [4.69, 9.17) is 0 Å². The van der Waals surface area contributed by atoms with Crippen molar-refractivity contribution in [3.8, 4) is 5.75 Å². The first-order valence-electron chi connectivity index (χ1n) is 6.98. The number of phenolic OH excluding ortho intramolecular Hbond substituents is 1. The lowest BCUT2D eigenvalue weighted by molar-refractivity contribution is -0.113. The van der Waals surface area contributed by atoms with Crippen molar-refractivity contribution < 1.29 is 9.90 Å². The van der Waals surface area contributed by atoms with Crippen LogP contribution in [0.4, 0.5) is 5.69 Å². The van der Waals surface area contributed by atoms with Crippen molar-refractivity contribution in [3.63, 3.8) is 0 Å². The highest BCUT2D eigenvalue weighted by atomic mass is 32.2. The molecule has 5 heteroatoms. The van der Waals surface area contributed by atoms with Gasteiger partial charge in [-0.25, -0.2) is 0 Å². The van der Waals surface area contributed by atoms with Gasteiger partial charge in [-0.05, 0) is 63.0 Å². The fraction of sp³-hybridized carbons (Fsp3) is 0.533. The molecule has 1 aromatic carbocycles. The molecule has 1 fully saturated rings. The van der Waals surface area contributed by atoms with Gasteiger partial charge in [0, 0.05) is 10.9 Å². The molecule has 0 radical (unpaired) electrons. The number of hydrogen-bond acceptors (Lipinski definition) is 4. The second kappa shape index (κ2) is 6.99. The molecule has 20 heavy (non-hydrogen) atoms. The Kier molecular flexibility index (Phi) is 5.31. The molecule has 0 saturated carbocycles. The molecule has 1 aliphatic heterocycles. The Bertz CT molecular complexity index is 485. The van der Waals surface area contributed by atoms with E-state index in [0.717, 1.165) is 42.7 Å². The SMILES string of the molecule is Cc1cc(NC(=O)CSC2CCNCC2)c(C)cc1O. The van der Waals surface area contributed by atoms with Gasteiger partial charge in [0.2, 0.25) is 5.91 Å². The monoisotopic (exact) mass is 294 g/mol. The normalized spacial score (nSPS) is 16.1. The fourth-order valence-electron chi connectivity index (χ4n) is 2.28. The number of piperidine rings is 1. The predicted octanol–water partition coefficient (Wildman–Crippen LogP) is 2.43. The van der Waals surface area contributed by atoms with Crippen molar-refractivity contribution in [1.82, 2.24) is 5.32 Å². The molecule has 0 unspecified atom stereocenters. The van der Waals surface area contributed by atoms with Gasteiger partial charge in [-0.3, -0.25) is 4.79 Å². The molecule has 1 aliphatic rings.